The van der Waals surface area contributed by atoms with Gasteiger partial charge in [0, 0.05) is 25.2 Å². The largest absolute Gasteiger partial charge is 0.513 e. The molecule has 1 aliphatic carbocycles. The van der Waals surface area contributed by atoms with E-state index in [4.69, 9.17) is 5.11 Å². The third kappa shape index (κ3) is 8.37. The van der Waals surface area contributed by atoms with Crippen LogP contribution in [-0.4, -0.2) is 22.0 Å². The summed E-state index contributed by atoms with van der Waals surface area (Å²) >= 11 is 0. The highest BCUT2D eigenvalue weighted by molar-refractivity contribution is 5.84. The van der Waals surface area contributed by atoms with E-state index in [0.29, 0.717) is 31.4 Å². The summed E-state index contributed by atoms with van der Waals surface area (Å²) < 4.78 is 0. The Kier molecular flexibility index (Phi) is 10.2. The number of carboxylic acid groups (broad SMARTS) is 1. The zero-order valence-corrected chi connectivity index (χ0v) is 15.7. The van der Waals surface area contributed by atoms with Crippen LogP contribution in [-0.2, 0) is 9.59 Å². The first kappa shape index (κ1) is 21.5. The van der Waals surface area contributed by atoms with Crippen molar-refractivity contribution >= 4 is 11.8 Å². The average molecular weight is 350 g/mol. The van der Waals surface area contributed by atoms with Crippen molar-refractivity contribution in [3.8, 4) is 0 Å². The molecule has 4 nitrogen and oxygen atoms in total. The van der Waals surface area contributed by atoms with Gasteiger partial charge in [0.05, 0.1) is 5.76 Å². The van der Waals surface area contributed by atoms with Crippen LogP contribution in [0.15, 0.2) is 24.0 Å². The number of unbranched alkanes of at least 4 members (excludes halogenated alkanes) is 4. The van der Waals surface area contributed by atoms with Gasteiger partial charge in [-0.15, -0.1) is 0 Å². The molecule has 2 N–H and O–H groups in total. The third-order valence-corrected chi connectivity index (χ3v) is 5.05. The zero-order chi connectivity index (χ0) is 18.7. The second-order valence-electron chi connectivity index (χ2n) is 7.29. The summed E-state index contributed by atoms with van der Waals surface area (Å²) in [6, 6.07) is 0. The van der Waals surface area contributed by atoms with Crippen molar-refractivity contribution in [2.45, 2.75) is 78.1 Å². The fourth-order valence-electron chi connectivity index (χ4n) is 3.56. The van der Waals surface area contributed by atoms with Gasteiger partial charge < -0.3 is 10.2 Å². The average Bonchev–Trinajstić information content (AvgIpc) is 2.81. The summed E-state index contributed by atoms with van der Waals surface area (Å²) in [4.78, 5) is 22.7. The molecular weight excluding hydrogens is 316 g/mol. The molecule has 0 aliphatic heterocycles. The fourth-order valence-corrected chi connectivity index (χ4v) is 3.56. The van der Waals surface area contributed by atoms with Gasteiger partial charge in [-0.1, -0.05) is 45.3 Å². The lowest BCUT2D eigenvalue weighted by Gasteiger charge is -2.17. The molecule has 4 heteroatoms. The maximum absolute atomic E-state index is 12.3. The molecule has 0 saturated heterocycles. The summed E-state index contributed by atoms with van der Waals surface area (Å²) in [5, 5.41) is 18.8. The monoisotopic (exact) mass is 350 g/mol. The lowest BCUT2D eigenvalue weighted by molar-refractivity contribution is -0.137. The zero-order valence-electron chi connectivity index (χ0n) is 15.7. The predicted octanol–water partition coefficient (Wildman–Crippen LogP) is 5.44. The number of aliphatic hydroxyl groups excluding tert-OH is 1. The Balaban J connectivity index is 2.50. The smallest absolute Gasteiger partial charge is 0.303 e. The molecule has 0 amide bonds. The number of ketones is 1. The van der Waals surface area contributed by atoms with Crippen LogP contribution in [0.1, 0.15) is 78.1 Å². The first-order valence-electron chi connectivity index (χ1n) is 9.74. The molecule has 0 aromatic rings. The number of allylic oxidation sites excluding steroid dienone is 4. The molecular formula is C21H34O4. The van der Waals surface area contributed by atoms with E-state index in [1.165, 1.54) is 12.8 Å². The van der Waals surface area contributed by atoms with Gasteiger partial charge in [-0.3, -0.25) is 9.59 Å². The van der Waals surface area contributed by atoms with Gasteiger partial charge in [0.1, 0.15) is 5.78 Å². The molecule has 1 aliphatic rings. The van der Waals surface area contributed by atoms with Crippen molar-refractivity contribution in [2.24, 2.45) is 17.8 Å². The SMILES string of the molecule is CCCCCC/C(O)=C\[C@@H]1[C@H](CC=CCCCC(=O)O)C(=O)C[C@@H]1C. The fraction of sp³-hybridized carbons (Fsp3) is 0.714. The Morgan fingerprint density at radius 2 is 1.88 bits per heavy atom. The number of rotatable bonds is 12. The highest BCUT2D eigenvalue weighted by atomic mass is 16.4. The number of hydrogen-bond donors (Lipinski definition) is 2. The number of aliphatic carboxylic acids is 1. The number of aliphatic hydroxyl groups is 1. The molecule has 0 spiro atoms. The third-order valence-electron chi connectivity index (χ3n) is 5.05. The standard InChI is InChI=1S/C21H34O4/c1-3-4-5-8-11-17(22)15-19-16(2)14-20(23)18(19)12-9-6-7-10-13-21(24)25/h6,9,15-16,18-19,22H,3-5,7-8,10-14H2,1-2H3,(H,24,25)/b9-6?,17-15+/t16-,18-,19-/m0/s1. The van der Waals surface area contributed by atoms with Gasteiger partial charge in [0.2, 0.25) is 0 Å². The van der Waals surface area contributed by atoms with E-state index in [0.717, 1.165) is 19.3 Å². The molecule has 1 saturated carbocycles. The van der Waals surface area contributed by atoms with E-state index in [1.807, 2.05) is 18.2 Å². The maximum Gasteiger partial charge on any atom is 0.303 e. The quantitative estimate of drug-likeness (QED) is 0.279. The predicted molar refractivity (Wildman–Crippen MR) is 100 cm³/mol. The summed E-state index contributed by atoms with van der Waals surface area (Å²) in [6.45, 7) is 4.25. The summed E-state index contributed by atoms with van der Waals surface area (Å²) in [6.07, 6.45) is 13.9. The van der Waals surface area contributed by atoms with E-state index >= 15 is 0 Å². The minimum absolute atomic E-state index is 0.0523. The normalized spacial score (nSPS) is 24.3. The second kappa shape index (κ2) is 11.9. The van der Waals surface area contributed by atoms with Gasteiger partial charge in [-0.05, 0) is 43.6 Å². The number of carboxylic acids is 1. The van der Waals surface area contributed by atoms with Gasteiger partial charge in [0.25, 0.3) is 0 Å². The molecule has 0 radical (unpaired) electrons. The molecule has 0 aromatic carbocycles. The van der Waals surface area contributed by atoms with Crippen LogP contribution in [0.2, 0.25) is 0 Å². The van der Waals surface area contributed by atoms with Crippen LogP contribution in [0.5, 0.6) is 0 Å². The molecule has 142 valence electrons. The Bertz CT molecular complexity index is 478. The highest BCUT2D eigenvalue weighted by Gasteiger charge is 2.38. The van der Waals surface area contributed by atoms with E-state index < -0.39 is 5.97 Å². The maximum atomic E-state index is 12.3. The molecule has 0 unspecified atom stereocenters. The van der Waals surface area contributed by atoms with Gasteiger partial charge >= 0.3 is 5.97 Å². The Labute approximate surface area is 152 Å². The van der Waals surface area contributed by atoms with E-state index in [1.54, 1.807) is 0 Å². The second-order valence-corrected chi connectivity index (χ2v) is 7.29. The topological polar surface area (TPSA) is 74.6 Å². The minimum atomic E-state index is -0.771. The summed E-state index contributed by atoms with van der Waals surface area (Å²) in [7, 11) is 0. The lowest BCUT2D eigenvalue weighted by Crippen LogP contribution is -2.15. The van der Waals surface area contributed by atoms with Gasteiger partial charge in [0.15, 0.2) is 0 Å². The number of carbonyl (C=O) groups excluding carboxylic acids is 1. The first-order valence-corrected chi connectivity index (χ1v) is 9.74. The highest BCUT2D eigenvalue weighted by Crippen LogP contribution is 2.38. The summed E-state index contributed by atoms with van der Waals surface area (Å²) in [5.74, 6) is 0.273. The van der Waals surface area contributed by atoms with E-state index in [2.05, 4.69) is 13.8 Å². The van der Waals surface area contributed by atoms with Gasteiger partial charge in [-0.2, -0.15) is 0 Å². The molecule has 1 rings (SSSR count). The molecule has 0 bridgehead atoms. The van der Waals surface area contributed by atoms with Crippen molar-refractivity contribution in [2.75, 3.05) is 0 Å². The molecule has 0 heterocycles. The van der Waals surface area contributed by atoms with Crippen molar-refractivity contribution in [3.63, 3.8) is 0 Å². The molecule has 25 heavy (non-hydrogen) atoms. The first-order chi connectivity index (χ1) is 12.0. The van der Waals surface area contributed by atoms with Crippen LogP contribution >= 0.6 is 0 Å². The van der Waals surface area contributed by atoms with Crippen LogP contribution in [0.4, 0.5) is 0 Å². The van der Waals surface area contributed by atoms with E-state index in [9.17, 15) is 14.7 Å². The van der Waals surface area contributed by atoms with Crippen molar-refractivity contribution in [1.82, 2.24) is 0 Å². The Morgan fingerprint density at radius 3 is 2.56 bits per heavy atom. The van der Waals surface area contributed by atoms with Crippen molar-refractivity contribution < 1.29 is 19.8 Å². The molecule has 0 aromatic heterocycles. The van der Waals surface area contributed by atoms with Crippen LogP contribution < -0.4 is 0 Å². The lowest BCUT2D eigenvalue weighted by atomic mass is 9.87. The van der Waals surface area contributed by atoms with Gasteiger partial charge in [-0.25, -0.2) is 0 Å². The van der Waals surface area contributed by atoms with Crippen LogP contribution in [0, 0.1) is 17.8 Å². The Morgan fingerprint density at radius 1 is 1.12 bits per heavy atom. The van der Waals surface area contributed by atoms with E-state index in [-0.39, 0.29) is 30.0 Å². The van der Waals surface area contributed by atoms with Crippen molar-refractivity contribution in [1.29, 1.82) is 0 Å². The summed E-state index contributed by atoms with van der Waals surface area (Å²) in [5.41, 5.74) is 0. The molecule has 3 atom stereocenters. The van der Waals surface area contributed by atoms with Crippen molar-refractivity contribution in [3.05, 3.63) is 24.0 Å². The number of carbonyl (C=O) groups is 2. The van der Waals surface area contributed by atoms with Crippen LogP contribution in [0.3, 0.4) is 0 Å². The van der Waals surface area contributed by atoms with Crippen LogP contribution in [0.25, 0.3) is 0 Å². The number of hydrogen-bond acceptors (Lipinski definition) is 3. The Hall–Kier alpha value is -1.58. The number of Topliss-reactive ketones (excluding diaryl/α,β-unsaturated/α-hetero) is 1. The molecule has 1 fully saturated rings. The minimum Gasteiger partial charge on any atom is -0.513 e.